The summed E-state index contributed by atoms with van der Waals surface area (Å²) < 4.78 is 1.26. The maximum Gasteiger partial charge on any atom is 0.0832 e. The molecule has 0 aliphatic heterocycles. The van der Waals surface area contributed by atoms with E-state index in [1.54, 1.807) is 11.3 Å². The van der Waals surface area contributed by atoms with Gasteiger partial charge in [-0.25, -0.2) is 4.98 Å². The van der Waals surface area contributed by atoms with Crippen molar-refractivity contribution < 1.29 is 0 Å². The zero-order valence-corrected chi connectivity index (χ0v) is 9.10. The predicted octanol–water partition coefficient (Wildman–Crippen LogP) is 3.51. The third kappa shape index (κ3) is 2.04. The highest BCUT2D eigenvalue weighted by atomic mass is 32.1. The Hall–Kier alpha value is -1.09. The molecule has 0 spiro atoms. The molecule has 0 radical (unpaired) electrons. The van der Waals surface area contributed by atoms with Gasteiger partial charge in [-0.15, -0.1) is 11.3 Å². The van der Waals surface area contributed by atoms with Crippen LogP contribution >= 0.6 is 11.3 Å². The number of unbranched alkanes of at least 4 members (excludes halogenated alkanes) is 1. The van der Waals surface area contributed by atoms with Gasteiger partial charge in [0, 0.05) is 12.2 Å². The SMILES string of the molecule is CCCCNc1ccc2scnc2c1. The predicted molar refractivity (Wildman–Crippen MR) is 63.0 cm³/mol. The molecule has 1 N–H and O–H groups in total. The number of anilines is 1. The third-order valence-corrected chi connectivity index (χ3v) is 3.00. The summed E-state index contributed by atoms with van der Waals surface area (Å²) in [7, 11) is 0. The van der Waals surface area contributed by atoms with Crippen molar-refractivity contribution >= 4 is 27.2 Å². The van der Waals surface area contributed by atoms with E-state index in [0.717, 1.165) is 12.1 Å². The Morgan fingerprint density at radius 2 is 2.36 bits per heavy atom. The van der Waals surface area contributed by atoms with Gasteiger partial charge < -0.3 is 5.32 Å². The van der Waals surface area contributed by atoms with Gasteiger partial charge in [-0.3, -0.25) is 0 Å². The average molecular weight is 206 g/mol. The van der Waals surface area contributed by atoms with Gasteiger partial charge in [-0.2, -0.15) is 0 Å². The molecule has 1 heterocycles. The highest BCUT2D eigenvalue weighted by Gasteiger charge is 1.97. The summed E-state index contributed by atoms with van der Waals surface area (Å²) in [6, 6.07) is 6.36. The number of aromatic nitrogens is 1. The number of nitrogens with one attached hydrogen (secondary N) is 1. The minimum Gasteiger partial charge on any atom is -0.385 e. The molecule has 74 valence electrons. The van der Waals surface area contributed by atoms with Crippen LogP contribution in [0, 0.1) is 0 Å². The largest absolute Gasteiger partial charge is 0.385 e. The first kappa shape index (κ1) is 9.46. The first-order valence-electron chi connectivity index (χ1n) is 4.97. The second kappa shape index (κ2) is 4.42. The second-order valence-corrected chi connectivity index (χ2v) is 4.20. The fourth-order valence-corrected chi connectivity index (χ4v) is 2.04. The van der Waals surface area contributed by atoms with Gasteiger partial charge in [0.15, 0.2) is 0 Å². The zero-order valence-electron chi connectivity index (χ0n) is 8.29. The summed E-state index contributed by atoms with van der Waals surface area (Å²) in [6.07, 6.45) is 2.45. The topological polar surface area (TPSA) is 24.9 Å². The molecule has 0 saturated carbocycles. The van der Waals surface area contributed by atoms with E-state index in [-0.39, 0.29) is 0 Å². The molecule has 1 aromatic carbocycles. The minimum atomic E-state index is 1.05. The van der Waals surface area contributed by atoms with E-state index in [0.29, 0.717) is 0 Å². The molecule has 2 nitrogen and oxygen atoms in total. The smallest absolute Gasteiger partial charge is 0.0832 e. The molecular weight excluding hydrogens is 192 g/mol. The van der Waals surface area contributed by atoms with E-state index in [1.807, 2.05) is 5.51 Å². The Bertz CT molecular complexity index is 408. The Kier molecular flexibility index (Phi) is 2.99. The molecule has 0 unspecified atom stereocenters. The van der Waals surface area contributed by atoms with Crippen LogP contribution in [0.15, 0.2) is 23.7 Å². The molecule has 2 aromatic rings. The van der Waals surface area contributed by atoms with Crippen molar-refractivity contribution in [2.45, 2.75) is 19.8 Å². The van der Waals surface area contributed by atoms with E-state index >= 15 is 0 Å². The van der Waals surface area contributed by atoms with Gasteiger partial charge in [0.25, 0.3) is 0 Å². The number of thiazole rings is 1. The van der Waals surface area contributed by atoms with Crippen LogP contribution in [-0.4, -0.2) is 11.5 Å². The van der Waals surface area contributed by atoms with Crippen molar-refractivity contribution in [1.29, 1.82) is 0 Å². The summed E-state index contributed by atoms with van der Waals surface area (Å²) >= 11 is 1.69. The fourth-order valence-electron chi connectivity index (χ4n) is 1.38. The van der Waals surface area contributed by atoms with Crippen molar-refractivity contribution in [2.75, 3.05) is 11.9 Å². The number of rotatable bonds is 4. The molecule has 0 aliphatic carbocycles. The van der Waals surface area contributed by atoms with Crippen LogP contribution in [0.5, 0.6) is 0 Å². The zero-order chi connectivity index (χ0) is 9.80. The van der Waals surface area contributed by atoms with Gasteiger partial charge in [0.2, 0.25) is 0 Å². The maximum absolute atomic E-state index is 4.29. The molecule has 0 amide bonds. The van der Waals surface area contributed by atoms with Crippen molar-refractivity contribution in [3.63, 3.8) is 0 Å². The second-order valence-electron chi connectivity index (χ2n) is 3.32. The number of hydrogen-bond donors (Lipinski definition) is 1. The molecule has 0 fully saturated rings. The van der Waals surface area contributed by atoms with Crippen LogP contribution in [0.2, 0.25) is 0 Å². The lowest BCUT2D eigenvalue weighted by molar-refractivity contribution is 0.834. The standard InChI is InChI=1S/C11H14N2S/c1-2-3-6-12-9-4-5-11-10(7-9)13-8-14-11/h4-5,7-8,12H,2-3,6H2,1H3. The molecule has 0 saturated heterocycles. The Morgan fingerprint density at radius 3 is 3.21 bits per heavy atom. The van der Waals surface area contributed by atoms with E-state index < -0.39 is 0 Å². The van der Waals surface area contributed by atoms with Gasteiger partial charge in [-0.1, -0.05) is 13.3 Å². The summed E-state index contributed by atoms with van der Waals surface area (Å²) in [5.41, 5.74) is 4.16. The molecule has 1 aromatic heterocycles. The van der Waals surface area contributed by atoms with Crippen LogP contribution in [0.4, 0.5) is 5.69 Å². The highest BCUT2D eigenvalue weighted by Crippen LogP contribution is 2.21. The average Bonchev–Trinajstić information content (AvgIpc) is 2.65. The van der Waals surface area contributed by atoms with Crippen LogP contribution in [0.25, 0.3) is 10.2 Å². The lowest BCUT2D eigenvalue weighted by Crippen LogP contribution is -2.00. The van der Waals surface area contributed by atoms with Crippen molar-refractivity contribution in [1.82, 2.24) is 4.98 Å². The maximum atomic E-state index is 4.29. The number of nitrogens with zero attached hydrogens (tertiary/aromatic N) is 1. The van der Waals surface area contributed by atoms with Crippen molar-refractivity contribution in [3.05, 3.63) is 23.7 Å². The van der Waals surface area contributed by atoms with E-state index in [1.165, 1.54) is 23.2 Å². The summed E-state index contributed by atoms with van der Waals surface area (Å²) in [4.78, 5) is 4.29. The summed E-state index contributed by atoms with van der Waals surface area (Å²) in [5.74, 6) is 0. The lowest BCUT2D eigenvalue weighted by atomic mass is 10.3. The van der Waals surface area contributed by atoms with E-state index in [9.17, 15) is 0 Å². The molecule has 0 aliphatic rings. The van der Waals surface area contributed by atoms with Crippen LogP contribution < -0.4 is 5.32 Å². The van der Waals surface area contributed by atoms with Crippen LogP contribution in [-0.2, 0) is 0 Å². The molecule has 3 heteroatoms. The number of hydrogen-bond acceptors (Lipinski definition) is 3. The highest BCUT2D eigenvalue weighted by molar-refractivity contribution is 7.16. The van der Waals surface area contributed by atoms with E-state index in [2.05, 4.69) is 35.4 Å². The fraction of sp³-hybridized carbons (Fsp3) is 0.364. The van der Waals surface area contributed by atoms with Gasteiger partial charge in [0.05, 0.1) is 15.7 Å². The van der Waals surface area contributed by atoms with Gasteiger partial charge >= 0.3 is 0 Å². The van der Waals surface area contributed by atoms with Crippen LogP contribution in [0.3, 0.4) is 0 Å². The molecule has 2 rings (SSSR count). The van der Waals surface area contributed by atoms with Gasteiger partial charge in [-0.05, 0) is 24.6 Å². The normalized spacial score (nSPS) is 10.6. The molecule has 0 bridgehead atoms. The lowest BCUT2D eigenvalue weighted by Gasteiger charge is -2.04. The Balaban J connectivity index is 2.10. The molecular formula is C11H14N2S. The van der Waals surface area contributed by atoms with Gasteiger partial charge in [0.1, 0.15) is 0 Å². The Labute approximate surface area is 88.0 Å². The Morgan fingerprint density at radius 1 is 1.43 bits per heavy atom. The number of benzene rings is 1. The summed E-state index contributed by atoms with van der Waals surface area (Å²) in [5, 5.41) is 3.39. The first-order chi connectivity index (χ1) is 6.90. The van der Waals surface area contributed by atoms with E-state index in [4.69, 9.17) is 0 Å². The summed E-state index contributed by atoms with van der Waals surface area (Å²) in [6.45, 7) is 3.25. The third-order valence-electron chi connectivity index (χ3n) is 2.19. The number of fused-ring (bicyclic) bond motifs is 1. The van der Waals surface area contributed by atoms with Crippen LogP contribution in [0.1, 0.15) is 19.8 Å². The minimum absolute atomic E-state index is 1.05. The quantitative estimate of drug-likeness (QED) is 0.774. The first-order valence-corrected chi connectivity index (χ1v) is 5.85. The molecule has 0 atom stereocenters. The molecule has 14 heavy (non-hydrogen) atoms. The monoisotopic (exact) mass is 206 g/mol. The van der Waals surface area contributed by atoms with Crippen molar-refractivity contribution in [2.24, 2.45) is 0 Å². The van der Waals surface area contributed by atoms with Crippen molar-refractivity contribution in [3.8, 4) is 0 Å².